The zero-order valence-electron chi connectivity index (χ0n) is 10.3. The van der Waals surface area contributed by atoms with Crippen molar-refractivity contribution in [2.75, 3.05) is 13.1 Å². The van der Waals surface area contributed by atoms with Crippen molar-refractivity contribution < 1.29 is 4.79 Å². The Balaban J connectivity index is 2.86. The Hall–Kier alpha value is -2.33. The van der Waals surface area contributed by atoms with E-state index in [0.29, 0.717) is 18.7 Å². The van der Waals surface area contributed by atoms with Gasteiger partial charge in [-0.15, -0.1) is 0 Å². The molecule has 0 heterocycles. The summed E-state index contributed by atoms with van der Waals surface area (Å²) in [6.45, 7) is 2.72. The van der Waals surface area contributed by atoms with E-state index in [0.717, 1.165) is 0 Å². The van der Waals surface area contributed by atoms with Gasteiger partial charge in [-0.05, 0) is 12.5 Å². The molecule has 0 N–H and O–H groups in total. The molecule has 0 radical (unpaired) electrons. The van der Waals surface area contributed by atoms with Gasteiger partial charge in [-0.1, -0.05) is 30.3 Å². The summed E-state index contributed by atoms with van der Waals surface area (Å²) in [7, 11) is 0. The van der Waals surface area contributed by atoms with E-state index in [4.69, 9.17) is 10.5 Å². The lowest BCUT2D eigenvalue weighted by Gasteiger charge is -2.22. The second-order valence-electron chi connectivity index (χ2n) is 3.80. The highest BCUT2D eigenvalue weighted by Crippen LogP contribution is 2.17. The second kappa shape index (κ2) is 7.09. The number of rotatable bonds is 5. The fourth-order valence-electron chi connectivity index (χ4n) is 1.71. The van der Waals surface area contributed by atoms with Crippen LogP contribution in [-0.2, 0) is 4.79 Å². The lowest BCUT2D eigenvalue weighted by molar-refractivity contribution is -0.131. The summed E-state index contributed by atoms with van der Waals surface area (Å²) >= 11 is 0. The monoisotopic (exact) mass is 241 g/mol. The molecule has 1 amide bonds. The number of amides is 1. The molecule has 0 aromatic heterocycles. The zero-order chi connectivity index (χ0) is 13.4. The number of hydrogen-bond donors (Lipinski definition) is 0. The van der Waals surface area contributed by atoms with Crippen LogP contribution in [0.4, 0.5) is 0 Å². The van der Waals surface area contributed by atoms with Gasteiger partial charge in [-0.3, -0.25) is 4.79 Å². The van der Waals surface area contributed by atoms with E-state index in [2.05, 4.69) is 0 Å². The minimum Gasteiger partial charge on any atom is -0.341 e. The first-order valence-corrected chi connectivity index (χ1v) is 5.84. The Morgan fingerprint density at radius 2 is 2.00 bits per heavy atom. The van der Waals surface area contributed by atoms with Crippen molar-refractivity contribution in [1.82, 2.24) is 4.90 Å². The third-order valence-electron chi connectivity index (χ3n) is 2.70. The maximum absolute atomic E-state index is 12.2. The van der Waals surface area contributed by atoms with Crippen LogP contribution in [0.2, 0.25) is 0 Å². The van der Waals surface area contributed by atoms with E-state index in [-0.39, 0.29) is 12.3 Å². The SMILES string of the molecule is CCN(CCC#N)C(=O)C(C#N)c1ccccc1. The average Bonchev–Trinajstić information content (AvgIpc) is 2.42. The van der Waals surface area contributed by atoms with E-state index in [1.165, 1.54) is 0 Å². The molecule has 1 unspecified atom stereocenters. The highest BCUT2D eigenvalue weighted by atomic mass is 16.2. The molecule has 1 aromatic rings. The molecule has 1 rings (SSSR count). The zero-order valence-corrected chi connectivity index (χ0v) is 10.3. The van der Waals surface area contributed by atoms with Crippen LogP contribution in [0.3, 0.4) is 0 Å². The van der Waals surface area contributed by atoms with E-state index in [1.807, 2.05) is 25.1 Å². The van der Waals surface area contributed by atoms with Gasteiger partial charge in [0.15, 0.2) is 0 Å². The number of likely N-dealkylation sites (N-methyl/N-ethyl adjacent to an activating group) is 1. The third-order valence-corrected chi connectivity index (χ3v) is 2.70. The Bertz CT molecular complexity index is 470. The fourth-order valence-corrected chi connectivity index (χ4v) is 1.71. The average molecular weight is 241 g/mol. The Morgan fingerprint density at radius 1 is 1.33 bits per heavy atom. The summed E-state index contributed by atoms with van der Waals surface area (Å²) in [4.78, 5) is 13.8. The standard InChI is InChI=1S/C14H15N3O/c1-2-17(10-6-9-15)14(18)13(11-16)12-7-4-3-5-8-12/h3-5,7-8,13H,2,6,10H2,1H3. The summed E-state index contributed by atoms with van der Waals surface area (Å²) in [5.41, 5.74) is 0.695. The summed E-state index contributed by atoms with van der Waals surface area (Å²) in [6, 6.07) is 13.0. The van der Waals surface area contributed by atoms with Gasteiger partial charge in [0.2, 0.25) is 5.91 Å². The molecule has 0 saturated heterocycles. The van der Waals surface area contributed by atoms with Crippen molar-refractivity contribution in [2.24, 2.45) is 0 Å². The van der Waals surface area contributed by atoms with E-state index < -0.39 is 5.92 Å². The number of carbonyl (C=O) groups excluding carboxylic acids is 1. The molecular formula is C14H15N3O. The number of nitriles is 2. The fraction of sp³-hybridized carbons (Fsp3) is 0.357. The van der Waals surface area contributed by atoms with Crippen LogP contribution in [0.15, 0.2) is 30.3 Å². The van der Waals surface area contributed by atoms with Crippen molar-refractivity contribution >= 4 is 5.91 Å². The molecule has 0 fully saturated rings. The molecule has 1 aromatic carbocycles. The van der Waals surface area contributed by atoms with Gasteiger partial charge >= 0.3 is 0 Å². The smallest absolute Gasteiger partial charge is 0.244 e. The molecule has 1 atom stereocenters. The summed E-state index contributed by atoms with van der Waals surface area (Å²) < 4.78 is 0. The lowest BCUT2D eigenvalue weighted by atomic mass is 9.99. The van der Waals surface area contributed by atoms with Crippen LogP contribution < -0.4 is 0 Å². The highest BCUT2D eigenvalue weighted by Gasteiger charge is 2.24. The number of carbonyl (C=O) groups is 1. The van der Waals surface area contributed by atoms with Crippen molar-refractivity contribution in [3.8, 4) is 12.1 Å². The molecule has 4 heteroatoms. The largest absolute Gasteiger partial charge is 0.341 e. The van der Waals surface area contributed by atoms with Gasteiger partial charge in [0.1, 0.15) is 5.92 Å². The Kier molecular flexibility index (Phi) is 5.41. The maximum Gasteiger partial charge on any atom is 0.244 e. The van der Waals surface area contributed by atoms with Crippen molar-refractivity contribution in [3.63, 3.8) is 0 Å². The molecule has 4 nitrogen and oxygen atoms in total. The van der Waals surface area contributed by atoms with Crippen molar-refractivity contribution in [3.05, 3.63) is 35.9 Å². The first-order valence-electron chi connectivity index (χ1n) is 5.84. The van der Waals surface area contributed by atoms with Gasteiger partial charge in [-0.2, -0.15) is 10.5 Å². The first-order chi connectivity index (χ1) is 8.74. The number of benzene rings is 1. The Morgan fingerprint density at radius 3 is 2.50 bits per heavy atom. The predicted octanol–water partition coefficient (Wildman–Crippen LogP) is 2.06. The van der Waals surface area contributed by atoms with Gasteiger partial charge in [-0.25, -0.2) is 0 Å². The first kappa shape index (κ1) is 13.7. The summed E-state index contributed by atoms with van der Waals surface area (Å²) in [5, 5.41) is 17.7. The quantitative estimate of drug-likeness (QED) is 0.792. The van der Waals surface area contributed by atoms with Gasteiger partial charge in [0, 0.05) is 13.1 Å². The van der Waals surface area contributed by atoms with Crippen LogP contribution in [0.25, 0.3) is 0 Å². The molecular weight excluding hydrogens is 226 g/mol. The number of hydrogen-bond acceptors (Lipinski definition) is 3. The molecule has 0 saturated carbocycles. The predicted molar refractivity (Wildman–Crippen MR) is 67.3 cm³/mol. The van der Waals surface area contributed by atoms with E-state index in [9.17, 15) is 4.79 Å². The Labute approximate surface area is 107 Å². The number of nitrogens with zero attached hydrogens (tertiary/aromatic N) is 3. The molecule has 0 spiro atoms. The molecule has 0 aliphatic heterocycles. The maximum atomic E-state index is 12.2. The molecule has 0 bridgehead atoms. The van der Waals surface area contributed by atoms with Crippen molar-refractivity contribution in [2.45, 2.75) is 19.3 Å². The van der Waals surface area contributed by atoms with E-state index in [1.54, 1.807) is 29.2 Å². The van der Waals surface area contributed by atoms with E-state index >= 15 is 0 Å². The van der Waals surface area contributed by atoms with Crippen LogP contribution >= 0.6 is 0 Å². The topological polar surface area (TPSA) is 67.9 Å². The second-order valence-corrected chi connectivity index (χ2v) is 3.80. The van der Waals surface area contributed by atoms with Gasteiger partial charge < -0.3 is 4.90 Å². The van der Waals surface area contributed by atoms with Gasteiger partial charge in [0.05, 0.1) is 18.6 Å². The van der Waals surface area contributed by atoms with Crippen LogP contribution in [-0.4, -0.2) is 23.9 Å². The molecule has 92 valence electrons. The normalized spacial score (nSPS) is 11.1. The summed E-state index contributed by atoms with van der Waals surface area (Å²) in [6.07, 6.45) is 0.284. The minimum absolute atomic E-state index is 0.235. The van der Waals surface area contributed by atoms with Crippen molar-refractivity contribution in [1.29, 1.82) is 10.5 Å². The minimum atomic E-state index is -0.787. The molecule has 0 aliphatic rings. The van der Waals surface area contributed by atoms with Gasteiger partial charge in [0.25, 0.3) is 0 Å². The third kappa shape index (κ3) is 3.33. The molecule has 18 heavy (non-hydrogen) atoms. The highest BCUT2D eigenvalue weighted by molar-refractivity contribution is 5.86. The van der Waals surface area contributed by atoms with Crippen LogP contribution in [0, 0.1) is 22.7 Å². The lowest BCUT2D eigenvalue weighted by Crippen LogP contribution is -2.35. The van der Waals surface area contributed by atoms with Crippen LogP contribution in [0.5, 0.6) is 0 Å². The molecule has 0 aliphatic carbocycles. The summed E-state index contributed by atoms with van der Waals surface area (Å²) in [5.74, 6) is -1.02. The van der Waals surface area contributed by atoms with Crippen LogP contribution in [0.1, 0.15) is 24.8 Å².